The summed E-state index contributed by atoms with van der Waals surface area (Å²) >= 11 is 0. The molecule has 20 heavy (non-hydrogen) atoms. The molecule has 0 bridgehead atoms. The Morgan fingerprint density at radius 2 is 2.05 bits per heavy atom. The monoisotopic (exact) mass is 275 g/mol. The zero-order chi connectivity index (χ0) is 14.9. The first kappa shape index (κ1) is 14.4. The number of hydrogen-bond donors (Lipinski definition) is 2. The maximum Gasteiger partial charge on any atom is 0.240 e. The molecule has 5 nitrogen and oxygen atoms in total. The van der Waals surface area contributed by atoms with Gasteiger partial charge >= 0.3 is 0 Å². The highest BCUT2D eigenvalue weighted by Gasteiger charge is 2.50. The van der Waals surface area contributed by atoms with Gasteiger partial charge in [-0.1, -0.05) is 29.3 Å². The summed E-state index contributed by atoms with van der Waals surface area (Å²) in [6, 6.07) is 5.94. The van der Waals surface area contributed by atoms with Crippen molar-refractivity contribution >= 4 is 17.4 Å². The first-order chi connectivity index (χ1) is 9.42. The van der Waals surface area contributed by atoms with Crippen molar-refractivity contribution in [1.82, 2.24) is 0 Å². The second-order valence-electron chi connectivity index (χ2n) is 5.58. The molecule has 0 unspecified atom stereocenters. The number of aryl methyl sites for hydroxylation is 2. The van der Waals surface area contributed by atoms with E-state index < -0.39 is 5.41 Å². The van der Waals surface area contributed by atoms with E-state index in [4.69, 9.17) is 10.9 Å². The molecule has 0 saturated heterocycles. The number of carbonyl (C=O) groups is 1. The molecular formula is C15H21N3O2. The van der Waals surface area contributed by atoms with E-state index in [0.29, 0.717) is 12.8 Å². The van der Waals surface area contributed by atoms with Crippen molar-refractivity contribution in [2.24, 2.45) is 16.3 Å². The normalized spacial score (nSPS) is 17.4. The summed E-state index contributed by atoms with van der Waals surface area (Å²) < 4.78 is 0. The standard InChI is InChI=1S/C15H21N3O2/c1-10-5-6-12(11(2)9-10)18(3)14(19)15(7-4-8-15)13(16)17-20/h5-6,9,20H,4,7-8H2,1-3H3,(H2,16,17). The summed E-state index contributed by atoms with van der Waals surface area (Å²) in [5.74, 6) is -0.0867. The Hall–Kier alpha value is -2.04. The maximum absolute atomic E-state index is 12.7. The smallest absolute Gasteiger partial charge is 0.240 e. The van der Waals surface area contributed by atoms with Crippen LogP contribution in [-0.4, -0.2) is 24.0 Å². The Morgan fingerprint density at radius 1 is 1.40 bits per heavy atom. The van der Waals surface area contributed by atoms with Crippen LogP contribution >= 0.6 is 0 Å². The Balaban J connectivity index is 2.33. The van der Waals surface area contributed by atoms with Gasteiger partial charge in [-0.15, -0.1) is 0 Å². The summed E-state index contributed by atoms with van der Waals surface area (Å²) in [6.45, 7) is 3.99. The van der Waals surface area contributed by atoms with Crippen LogP contribution < -0.4 is 10.6 Å². The molecule has 0 spiro atoms. The lowest BCUT2D eigenvalue weighted by Crippen LogP contribution is -2.54. The van der Waals surface area contributed by atoms with Crippen LogP contribution in [0.15, 0.2) is 23.4 Å². The third-order valence-corrected chi connectivity index (χ3v) is 4.23. The molecule has 1 amide bonds. The summed E-state index contributed by atoms with van der Waals surface area (Å²) in [7, 11) is 1.74. The first-order valence-electron chi connectivity index (χ1n) is 6.76. The molecule has 0 aromatic heterocycles. The van der Waals surface area contributed by atoms with E-state index in [1.54, 1.807) is 11.9 Å². The average molecular weight is 275 g/mol. The Morgan fingerprint density at radius 3 is 2.50 bits per heavy atom. The zero-order valence-corrected chi connectivity index (χ0v) is 12.2. The quantitative estimate of drug-likeness (QED) is 0.384. The lowest BCUT2D eigenvalue weighted by atomic mass is 9.67. The number of nitrogens with two attached hydrogens (primary N) is 1. The van der Waals surface area contributed by atoms with Gasteiger partial charge in [0.1, 0.15) is 5.41 Å². The zero-order valence-electron chi connectivity index (χ0n) is 12.2. The van der Waals surface area contributed by atoms with Crippen LogP contribution in [0.2, 0.25) is 0 Å². The van der Waals surface area contributed by atoms with Crippen LogP contribution in [0.4, 0.5) is 5.69 Å². The molecule has 1 aromatic carbocycles. The predicted molar refractivity (Wildman–Crippen MR) is 79.0 cm³/mol. The van der Waals surface area contributed by atoms with Crippen molar-refractivity contribution in [3.05, 3.63) is 29.3 Å². The van der Waals surface area contributed by atoms with Gasteiger partial charge in [-0.2, -0.15) is 0 Å². The molecular weight excluding hydrogens is 254 g/mol. The van der Waals surface area contributed by atoms with Gasteiger partial charge in [0.25, 0.3) is 0 Å². The molecule has 3 N–H and O–H groups in total. The van der Waals surface area contributed by atoms with E-state index >= 15 is 0 Å². The summed E-state index contributed by atoms with van der Waals surface area (Å²) in [4.78, 5) is 14.4. The van der Waals surface area contributed by atoms with E-state index in [9.17, 15) is 4.79 Å². The van der Waals surface area contributed by atoms with E-state index in [-0.39, 0.29) is 11.7 Å². The number of anilines is 1. The number of hydrogen-bond acceptors (Lipinski definition) is 3. The molecule has 1 aliphatic rings. The molecule has 0 radical (unpaired) electrons. The predicted octanol–water partition coefficient (Wildman–Crippen LogP) is 2.18. The molecule has 0 aliphatic heterocycles. The third-order valence-electron chi connectivity index (χ3n) is 4.23. The summed E-state index contributed by atoms with van der Waals surface area (Å²) in [5.41, 5.74) is 7.96. The van der Waals surface area contributed by atoms with Crippen molar-refractivity contribution < 1.29 is 10.0 Å². The number of nitrogens with zero attached hydrogens (tertiary/aromatic N) is 2. The topological polar surface area (TPSA) is 78.9 Å². The van der Waals surface area contributed by atoms with E-state index in [1.165, 1.54) is 0 Å². The van der Waals surface area contributed by atoms with Crippen molar-refractivity contribution in [3.63, 3.8) is 0 Å². The Labute approximate surface area is 119 Å². The number of carbonyl (C=O) groups excluding carboxylic acids is 1. The van der Waals surface area contributed by atoms with Crippen molar-refractivity contribution in [2.75, 3.05) is 11.9 Å². The van der Waals surface area contributed by atoms with Gasteiger partial charge < -0.3 is 15.8 Å². The van der Waals surface area contributed by atoms with Crippen molar-refractivity contribution in [2.45, 2.75) is 33.1 Å². The fourth-order valence-corrected chi connectivity index (χ4v) is 2.82. The van der Waals surface area contributed by atoms with E-state index in [2.05, 4.69) is 5.16 Å². The van der Waals surface area contributed by atoms with Gasteiger partial charge in [-0.3, -0.25) is 4.79 Å². The largest absolute Gasteiger partial charge is 0.409 e. The lowest BCUT2D eigenvalue weighted by Gasteiger charge is -2.41. The van der Waals surface area contributed by atoms with Crippen LogP contribution in [0.3, 0.4) is 0 Å². The number of amidine groups is 1. The van der Waals surface area contributed by atoms with Gasteiger partial charge in [0, 0.05) is 12.7 Å². The molecule has 1 saturated carbocycles. The summed E-state index contributed by atoms with van der Waals surface area (Å²) in [5, 5.41) is 12.0. The second-order valence-corrected chi connectivity index (χ2v) is 5.58. The Kier molecular flexibility index (Phi) is 3.70. The second kappa shape index (κ2) is 5.15. The highest BCUT2D eigenvalue weighted by Crippen LogP contribution is 2.43. The molecule has 2 rings (SSSR count). The maximum atomic E-state index is 12.7. The molecule has 1 aliphatic carbocycles. The lowest BCUT2D eigenvalue weighted by molar-refractivity contribution is -0.128. The van der Waals surface area contributed by atoms with Gasteiger partial charge in [0.2, 0.25) is 5.91 Å². The molecule has 108 valence electrons. The van der Waals surface area contributed by atoms with Crippen molar-refractivity contribution in [1.29, 1.82) is 0 Å². The summed E-state index contributed by atoms with van der Waals surface area (Å²) in [6.07, 6.45) is 2.19. The highest BCUT2D eigenvalue weighted by molar-refractivity contribution is 6.13. The van der Waals surface area contributed by atoms with Crippen LogP contribution in [0.5, 0.6) is 0 Å². The highest BCUT2D eigenvalue weighted by atomic mass is 16.4. The number of oxime groups is 1. The van der Waals surface area contributed by atoms with E-state index in [0.717, 1.165) is 23.2 Å². The minimum atomic E-state index is -0.833. The average Bonchev–Trinajstić information content (AvgIpc) is 2.36. The van der Waals surface area contributed by atoms with Gasteiger partial charge in [-0.05, 0) is 38.3 Å². The first-order valence-corrected chi connectivity index (χ1v) is 6.76. The minimum Gasteiger partial charge on any atom is -0.409 e. The molecule has 0 heterocycles. The van der Waals surface area contributed by atoms with Gasteiger partial charge in [0.05, 0.1) is 0 Å². The van der Waals surface area contributed by atoms with Gasteiger partial charge in [-0.25, -0.2) is 0 Å². The minimum absolute atomic E-state index is 0.0189. The fraction of sp³-hybridized carbons (Fsp3) is 0.467. The van der Waals surface area contributed by atoms with Crippen molar-refractivity contribution in [3.8, 4) is 0 Å². The van der Waals surface area contributed by atoms with E-state index in [1.807, 2.05) is 32.0 Å². The third kappa shape index (κ3) is 2.13. The number of benzene rings is 1. The van der Waals surface area contributed by atoms with Crippen LogP contribution in [0, 0.1) is 19.3 Å². The van der Waals surface area contributed by atoms with Crippen LogP contribution in [0.25, 0.3) is 0 Å². The molecule has 5 heteroatoms. The fourth-order valence-electron chi connectivity index (χ4n) is 2.82. The number of rotatable bonds is 3. The van der Waals surface area contributed by atoms with Crippen LogP contribution in [0.1, 0.15) is 30.4 Å². The molecule has 1 aromatic rings. The molecule has 1 fully saturated rings. The number of amides is 1. The van der Waals surface area contributed by atoms with Gasteiger partial charge in [0.15, 0.2) is 5.84 Å². The molecule has 0 atom stereocenters. The van der Waals surface area contributed by atoms with Crippen LogP contribution in [-0.2, 0) is 4.79 Å². The Bertz CT molecular complexity index is 562. The SMILES string of the molecule is Cc1ccc(N(C)C(=O)C2(/C(N)=N/O)CCC2)c(C)c1.